The van der Waals surface area contributed by atoms with E-state index < -0.39 is 29.6 Å². The number of hydrogen-bond acceptors (Lipinski definition) is 5. The van der Waals surface area contributed by atoms with Gasteiger partial charge in [0, 0.05) is 12.0 Å². The first-order chi connectivity index (χ1) is 9.86. The van der Waals surface area contributed by atoms with E-state index in [4.69, 9.17) is 10.3 Å². The second kappa shape index (κ2) is 5.62. The monoisotopic (exact) mass is 302 g/mol. The number of hydrogen-bond donors (Lipinski definition) is 0. The van der Waals surface area contributed by atoms with Crippen molar-refractivity contribution in [1.82, 2.24) is 9.78 Å². The van der Waals surface area contributed by atoms with Gasteiger partial charge in [-0.25, -0.2) is 8.78 Å². The van der Waals surface area contributed by atoms with Gasteiger partial charge in [-0.3, -0.25) is 14.8 Å². The number of ether oxygens (including phenoxy) is 1. The number of alkyl halides is 2. The molecule has 1 fully saturated rings. The van der Waals surface area contributed by atoms with E-state index in [1.54, 1.807) is 0 Å². The van der Waals surface area contributed by atoms with Crippen molar-refractivity contribution < 1.29 is 18.4 Å². The molecule has 2 atom stereocenters. The van der Waals surface area contributed by atoms with Crippen LogP contribution in [0.15, 0.2) is 11.3 Å². The summed E-state index contributed by atoms with van der Waals surface area (Å²) in [5, 5.41) is 17.8. The zero-order valence-corrected chi connectivity index (χ0v) is 11.0. The smallest absolute Gasteiger partial charge is 0.312 e. The Balaban J connectivity index is 2.30. The molecular weight excluding hydrogens is 290 g/mol. The molecule has 2 unspecified atom stereocenters. The molecule has 0 bridgehead atoms. The van der Waals surface area contributed by atoms with Gasteiger partial charge in [-0.15, -0.1) is 0 Å². The standard InChI is InChI=1S/C10H12F2N6O3/c1-17-9(6(4-14-17)18(19)20)7-2-3-8(15-16-13)10(11,12)5-21-7/h4,7-8H,2-3,5H2,1H3. The number of azide groups is 1. The van der Waals surface area contributed by atoms with Gasteiger partial charge in [0.2, 0.25) is 0 Å². The zero-order valence-electron chi connectivity index (χ0n) is 11.0. The quantitative estimate of drug-likeness (QED) is 0.280. The summed E-state index contributed by atoms with van der Waals surface area (Å²) in [5.41, 5.74) is 8.17. The molecule has 0 spiro atoms. The predicted octanol–water partition coefficient (Wildman–Crippen LogP) is 2.49. The van der Waals surface area contributed by atoms with Crippen molar-refractivity contribution in [3.8, 4) is 0 Å². The Kier molecular flexibility index (Phi) is 4.05. The molecule has 9 nitrogen and oxygen atoms in total. The third-order valence-electron chi connectivity index (χ3n) is 3.32. The molecule has 0 saturated carbocycles. The minimum absolute atomic E-state index is 0.0691. The fourth-order valence-electron chi connectivity index (χ4n) is 2.28. The van der Waals surface area contributed by atoms with Gasteiger partial charge in [0.05, 0.1) is 4.92 Å². The van der Waals surface area contributed by atoms with E-state index in [1.807, 2.05) is 0 Å². The van der Waals surface area contributed by atoms with Crippen LogP contribution in [0.2, 0.25) is 0 Å². The van der Waals surface area contributed by atoms with E-state index in [1.165, 1.54) is 11.7 Å². The van der Waals surface area contributed by atoms with E-state index in [2.05, 4.69) is 15.1 Å². The summed E-state index contributed by atoms with van der Waals surface area (Å²) in [6, 6.07) is -1.53. The highest BCUT2D eigenvalue weighted by Crippen LogP contribution is 2.38. The molecule has 0 aliphatic carbocycles. The van der Waals surface area contributed by atoms with Gasteiger partial charge >= 0.3 is 5.69 Å². The van der Waals surface area contributed by atoms with Crippen molar-refractivity contribution in [2.75, 3.05) is 6.61 Å². The summed E-state index contributed by atoms with van der Waals surface area (Å²) in [4.78, 5) is 12.7. The Morgan fingerprint density at radius 3 is 3.00 bits per heavy atom. The largest absolute Gasteiger partial charge is 0.365 e. The minimum atomic E-state index is -3.31. The summed E-state index contributed by atoms with van der Waals surface area (Å²) < 4.78 is 33.8. The fourth-order valence-corrected chi connectivity index (χ4v) is 2.28. The molecule has 0 aromatic carbocycles. The van der Waals surface area contributed by atoms with Gasteiger partial charge in [0.15, 0.2) is 0 Å². The van der Waals surface area contributed by atoms with E-state index in [-0.39, 0.29) is 24.2 Å². The Morgan fingerprint density at radius 1 is 1.67 bits per heavy atom. The van der Waals surface area contributed by atoms with Crippen molar-refractivity contribution >= 4 is 5.69 Å². The number of halogens is 2. The van der Waals surface area contributed by atoms with Crippen LogP contribution in [0.4, 0.5) is 14.5 Å². The summed E-state index contributed by atoms with van der Waals surface area (Å²) in [7, 11) is 1.47. The molecule has 0 radical (unpaired) electrons. The van der Waals surface area contributed by atoms with Crippen LogP contribution in [0.3, 0.4) is 0 Å². The Morgan fingerprint density at radius 2 is 2.38 bits per heavy atom. The van der Waals surface area contributed by atoms with Crippen molar-refractivity contribution in [2.45, 2.75) is 30.9 Å². The Bertz CT molecular complexity index is 598. The van der Waals surface area contributed by atoms with E-state index in [9.17, 15) is 18.9 Å². The average Bonchev–Trinajstić information content (AvgIpc) is 2.72. The number of aryl methyl sites for hydroxylation is 1. The Labute approximate surface area is 117 Å². The molecule has 0 N–H and O–H groups in total. The molecule has 0 amide bonds. The highest BCUT2D eigenvalue weighted by atomic mass is 19.3. The van der Waals surface area contributed by atoms with Crippen molar-refractivity contribution in [2.24, 2.45) is 12.2 Å². The summed E-state index contributed by atoms with van der Waals surface area (Å²) in [6.07, 6.45) is 0.0822. The molecule has 1 aromatic heterocycles. The highest BCUT2D eigenvalue weighted by Gasteiger charge is 2.44. The lowest BCUT2D eigenvalue weighted by molar-refractivity contribution is -0.386. The topological polar surface area (TPSA) is 119 Å². The van der Waals surface area contributed by atoms with Crippen LogP contribution in [-0.4, -0.2) is 33.3 Å². The van der Waals surface area contributed by atoms with Crippen molar-refractivity contribution in [3.63, 3.8) is 0 Å². The maximum absolute atomic E-state index is 13.7. The van der Waals surface area contributed by atoms with E-state index in [0.29, 0.717) is 0 Å². The van der Waals surface area contributed by atoms with Gasteiger partial charge in [0.1, 0.15) is 30.6 Å². The normalized spacial score (nSPS) is 24.9. The van der Waals surface area contributed by atoms with Crippen LogP contribution in [0.1, 0.15) is 24.6 Å². The first-order valence-corrected chi connectivity index (χ1v) is 6.06. The van der Waals surface area contributed by atoms with Crippen LogP contribution >= 0.6 is 0 Å². The first-order valence-electron chi connectivity index (χ1n) is 6.06. The van der Waals surface area contributed by atoms with Crippen LogP contribution < -0.4 is 0 Å². The summed E-state index contributed by atoms with van der Waals surface area (Å²) in [6.45, 7) is -0.969. The maximum Gasteiger partial charge on any atom is 0.312 e. The molecule has 21 heavy (non-hydrogen) atoms. The molecule has 2 rings (SSSR count). The molecule has 114 valence electrons. The summed E-state index contributed by atoms with van der Waals surface area (Å²) >= 11 is 0. The van der Waals surface area contributed by atoms with E-state index >= 15 is 0 Å². The second-order valence-corrected chi connectivity index (χ2v) is 4.65. The summed E-state index contributed by atoms with van der Waals surface area (Å²) in [5.74, 6) is -3.31. The number of nitrogens with zero attached hydrogens (tertiary/aromatic N) is 6. The van der Waals surface area contributed by atoms with Gasteiger partial charge in [0.25, 0.3) is 5.92 Å². The lowest BCUT2D eigenvalue weighted by atomic mass is 10.0. The lowest BCUT2D eigenvalue weighted by Crippen LogP contribution is -2.34. The SMILES string of the molecule is Cn1ncc([N+](=O)[O-])c1C1CCC(N=[N+]=[N-])C(F)(F)CO1. The predicted molar refractivity (Wildman–Crippen MR) is 65.7 cm³/mol. The second-order valence-electron chi connectivity index (χ2n) is 4.65. The highest BCUT2D eigenvalue weighted by molar-refractivity contribution is 5.34. The van der Waals surface area contributed by atoms with E-state index in [0.717, 1.165) is 6.20 Å². The first kappa shape index (κ1) is 15.1. The number of rotatable bonds is 3. The van der Waals surface area contributed by atoms with Crippen molar-refractivity contribution in [3.05, 3.63) is 32.4 Å². The molecular formula is C10H12F2N6O3. The molecule has 1 aromatic rings. The van der Waals surface area contributed by atoms with Crippen LogP contribution in [0, 0.1) is 10.1 Å². The lowest BCUT2D eigenvalue weighted by Gasteiger charge is -2.19. The maximum atomic E-state index is 13.7. The van der Waals surface area contributed by atoms with Gasteiger partial charge < -0.3 is 4.74 Å². The van der Waals surface area contributed by atoms with Crippen LogP contribution in [0.25, 0.3) is 10.4 Å². The molecule has 1 aliphatic rings. The molecule has 11 heteroatoms. The van der Waals surface area contributed by atoms with Crippen LogP contribution in [0.5, 0.6) is 0 Å². The molecule has 1 saturated heterocycles. The van der Waals surface area contributed by atoms with Crippen LogP contribution in [-0.2, 0) is 11.8 Å². The zero-order chi connectivity index (χ0) is 15.6. The fraction of sp³-hybridized carbons (Fsp3) is 0.700. The van der Waals surface area contributed by atoms with Crippen molar-refractivity contribution in [1.29, 1.82) is 0 Å². The third-order valence-corrected chi connectivity index (χ3v) is 3.32. The molecule has 1 aliphatic heterocycles. The third kappa shape index (κ3) is 2.93. The number of aromatic nitrogens is 2. The minimum Gasteiger partial charge on any atom is -0.365 e. The average molecular weight is 302 g/mol. The van der Waals surface area contributed by atoms with Gasteiger partial charge in [-0.1, -0.05) is 5.11 Å². The van der Waals surface area contributed by atoms with Gasteiger partial charge in [-0.2, -0.15) is 5.10 Å². The molecule has 2 heterocycles. The Hall–Kier alpha value is -2.26. The van der Waals surface area contributed by atoms with Gasteiger partial charge in [-0.05, 0) is 18.4 Å². The number of nitro groups is 1.